The molecule has 7 heterocycles. The zero-order valence-corrected chi connectivity index (χ0v) is 26.3. The Kier molecular flexibility index (Phi) is 6.29. The number of aromatic nitrogens is 7. The van der Waals surface area contributed by atoms with Gasteiger partial charge in [0.15, 0.2) is 0 Å². The van der Waals surface area contributed by atoms with Gasteiger partial charge in [-0.25, -0.2) is 0 Å². The second-order valence-corrected chi connectivity index (χ2v) is 11.3. The summed E-state index contributed by atoms with van der Waals surface area (Å²) in [7, 11) is 0. The molecular formula is C39H27N7S. The van der Waals surface area contributed by atoms with Gasteiger partial charge in [-0.1, -0.05) is 18.2 Å². The average Bonchev–Trinajstić information content (AvgIpc) is 3.78. The largest absolute Gasteiger partial charge is 0.309 e. The molecule has 7 nitrogen and oxygen atoms in total. The van der Waals surface area contributed by atoms with Gasteiger partial charge >= 0.3 is 0 Å². The van der Waals surface area contributed by atoms with Crippen LogP contribution in [0.25, 0.3) is 82.5 Å². The lowest BCUT2D eigenvalue weighted by Gasteiger charge is -2.10. The van der Waals surface area contributed by atoms with Crippen LogP contribution in [0.2, 0.25) is 0 Å². The van der Waals surface area contributed by atoms with E-state index in [0.29, 0.717) is 0 Å². The van der Waals surface area contributed by atoms with E-state index < -0.39 is 0 Å². The number of nitrogens with zero attached hydrogens (tertiary/aromatic N) is 7. The maximum atomic E-state index is 4.42. The van der Waals surface area contributed by atoms with Gasteiger partial charge in [0.2, 0.25) is 0 Å². The van der Waals surface area contributed by atoms with Crippen molar-refractivity contribution < 1.29 is 0 Å². The molecule has 0 bridgehead atoms. The Morgan fingerprint density at radius 3 is 1.09 bits per heavy atom. The molecule has 0 aliphatic rings. The van der Waals surface area contributed by atoms with Crippen molar-refractivity contribution in [2.24, 2.45) is 0 Å². The van der Waals surface area contributed by atoms with Gasteiger partial charge < -0.3 is 13.7 Å². The first kappa shape index (κ1) is 27.3. The first-order valence-corrected chi connectivity index (χ1v) is 16.2. The molecular weight excluding hydrogens is 599 g/mol. The Bertz CT molecular complexity index is 2500. The van der Waals surface area contributed by atoms with E-state index in [9.17, 15) is 0 Å². The number of rotatable bonds is 3. The summed E-state index contributed by atoms with van der Waals surface area (Å²) in [5.74, 6) is 0. The van der Waals surface area contributed by atoms with Crippen LogP contribution >= 0.6 is 12.6 Å². The molecule has 7 aromatic heterocycles. The van der Waals surface area contributed by atoms with E-state index in [1.165, 1.54) is 10.8 Å². The predicted molar refractivity (Wildman–Crippen MR) is 196 cm³/mol. The minimum Gasteiger partial charge on any atom is -0.309 e. The van der Waals surface area contributed by atoms with Crippen molar-refractivity contribution in [2.75, 3.05) is 6.26 Å². The Labute approximate surface area is 274 Å². The smallest absolute Gasteiger partial charge is 0.0572 e. The van der Waals surface area contributed by atoms with Crippen LogP contribution in [0.15, 0.2) is 141 Å². The minimum atomic E-state index is 1.09. The molecule has 0 aliphatic heterocycles. The molecule has 0 unspecified atom stereocenters. The van der Waals surface area contributed by atoms with E-state index in [-0.39, 0.29) is 0 Å². The van der Waals surface area contributed by atoms with Crippen molar-refractivity contribution >= 4 is 78.0 Å². The van der Waals surface area contributed by atoms with Crippen molar-refractivity contribution in [3.63, 3.8) is 0 Å². The number of para-hydroxylation sites is 1. The first-order valence-electron chi connectivity index (χ1n) is 15.3. The van der Waals surface area contributed by atoms with Crippen molar-refractivity contribution in [3.05, 3.63) is 141 Å². The van der Waals surface area contributed by atoms with E-state index in [4.69, 9.17) is 0 Å². The molecule has 47 heavy (non-hydrogen) atoms. The van der Waals surface area contributed by atoms with E-state index in [2.05, 4.69) is 137 Å². The van der Waals surface area contributed by atoms with Gasteiger partial charge in [0.05, 0.1) is 33.1 Å². The number of hydrogen-bond acceptors (Lipinski definition) is 5. The van der Waals surface area contributed by atoms with Gasteiger partial charge in [-0.2, -0.15) is 12.6 Å². The molecule has 0 saturated heterocycles. The lowest BCUT2D eigenvalue weighted by atomic mass is 10.1. The Hall–Kier alpha value is -5.99. The number of benzene rings is 3. The van der Waals surface area contributed by atoms with Crippen molar-refractivity contribution in [1.82, 2.24) is 33.6 Å². The molecule has 0 atom stereocenters. The first-order chi connectivity index (χ1) is 23.3. The maximum Gasteiger partial charge on any atom is 0.0572 e. The summed E-state index contributed by atoms with van der Waals surface area (Å²) in [5, 5.41) is 6.70. The zero-order chi connectivity index (χ0) is 31.5. The number of fused-ring (bicyclic) bond motifs is 9. The van der Waals surface area contributed by atoms with E-state index in [1.54, 1.807) is 6.26 Å². The molecule has 0 amide bonds. The highest BCUT2D eigenvalue weighted by molar-refractivity contribution is 7.79. The highest BCUT2D eigenvalue weighted by atomic mass is 32.1. The Balaban J connectivity index is 0.00000149. The van der Waals surface area contributed by atoms with Crippen LogP contribution in [0, 0.1) is 0 Å². The highest BCUT2D eigenvalue weighted by Crippen LogP contribution is 2.38. The monoisotopic (exact) mass is 625 g/mol. The summed E-state index contributed by atoms with van der Waals surface area (Å²) in [6.07, 6.45) is 16.8. The lowest BCUT2D eigenvalue weighted by Crippen LogP contribution is -1.96. The van der Waals surface area contributed by atoms with Crippen LogP contribution in [0.5, 0.6) is 0 Å². The molecule has 0 fully saturated rings. The second-order valence-electron chi connectivity index (χ2n) is 11.3. The normalized spacial score (nSPS) is 11.6. The number of pyridine rings is 4. The quantitative estimate of drug-likeness (QED) is 0.199. The van der Waals surface area contributed by atoms with Gasteiger partial charge in [-0.15, -0.1) is 0 Å². The lowest BCUT2D eigenvalue weighted by molar-refractivity contribution is 1.15. The van der Waals surface area contributed by atoms with Crippen molar-refractivity contribution in [2.45, 2.75) is 0 Å². The molecule has 3 aromatic carbocycles. The summed E-state index contributed by atoms with van der Waals surface area (Å²) < 4.78 is 6.99. The van der Waals surface area contributed by atoms with E-state index >= 15 is 0 Å². The van der Waals surface area contributed by atoms with E-state index in [0.717, 1.165) is 71.7 Å². The molecule has 10 aromatic rings. The van der Waals surface area contributed by atoms with Crippen LogP contribution in [-0.2, 0) is 0 Å². The molecule has 0 aliphatic carbocycles. The standard InChI is InChI=1S/C38H23N7.CH4S/c1-2-4-24(5-3-1)43-33-8-6-25(44-35-10-14-39-20-29(35)30-21-40-15-11-36(30)44)18-27(33)28-19-26(7-9-34(28)43)45-37-12-16-41-22-31(37)32-23-42-17-13-38(32)45;1-2/h1-23H;2H,1H3. The molecule has 8 heteroatoms. The summed E-state index contributed by atoms with van der Waals surface area (Å²) in [6.45, 7) is 0. The number of thiol groups is 1. The van der Waals surface area contributed by atoms with Crippen molar-refractivity contribution in [1.29, 1.82) is 0 Å². The average molecular weight is 626 g/mol. The van der Waals surface area contributed by atoms with Gasteiger partial charge in [0.25, 0.3) is 0 Å². The summed E-state index contributed by atoms with van der Waals surface area (Å²) in [6, 6.07) is 32.5. The Morgan fingerprint density at radius 1 is 0.362 bits per heavy atom. The fraction of sp³-hybridized carbons (Fsp3) is 0.0256. The molecule has 0 radical (unpaired) electrons. The van der Waals surface area contributed by atoms with Gasteiger partial charge in [-0.3, -0.25) is 19.9 Å². The third kappa shape index (κ3) is 4.01. The van der Waals surface area contributed by atoms with E-state index in [1.807, 2.05) is 49.6 Å². The van der Waals surface area contributed by atoms with Crippen LogP contribution in [0.4, 0.5) is 0 Å². The van der Waals surface area contributed by atoms with Crippen LogP contribution < -0.4 is 0 Å². The Morgan fingerprint density at radius 2 is 0.702 bits per heavy atom. The highest BCUT2D eigenvalue weighted by Gasteiger charge is 2.19. The number of hydrogen-bond donors (Lipinski definition) is 1. The molecule has 224 valence electrons. The van der Waals surface area contributed by atoms with Gasteiger partial charge in [0.1, 0.15) is 0 Å². The molecule has 0 N–H and O–H groups in total. The molecule has 10 rings (SSSR count). The topological polar surface area (TPSA) is 66.3 Å². The molecule has 0 saturated carbocycles. The third-order valence-corrected chi connectivity index (χ3v) is 9.00. The third-order valence-electron chi connectivity index (χ3n) is 9.00. The van der Waals surface area contributed by atoms with Crippen LogP contribution in [-0.4, -0.2) is 39.9 Å². The van der Waals surface area contributed by atoms with Gasteiger partial charge in [-0.05, 0) is 79.1 Å². The summed E-state index contributed by atoms with van der Waals surface area (Å²) in [4.78, 5) is 17.7. The van der Waals surface area contributed by atoms with Crippen LogP contribution in [0.1, 0.15) is 0 Å². The zero-order valence-electron chi connectivity index (χ0n) is 25.4. The maximum absolute atomic E-state index is 4.42. The van der Waals surface area contributed by atoms with Crippen LogP contribution in [0.3, 0.4) is 0 Å². The summed E-state index contributed by atoms with van der Waals surface area (Å²) in [5.41, 5.74) is 10.0. The summed E-state index contributed by atoms with van der Waals surface area (Å²) >= 11 is 3.53. The second kappa shape index (κ2) is 10.8. The van der Waals surface area contributed by atoms with Crippen molar-refractivity contribution in [3.8, 4) is 17.1 Å². The fourth-order valence-electron chi connectivity index (χ4n) is 7.11. The minimum absolute atomic E-state index is 1.09. The SMILES string of the molecule is CS.c1ccc(-n2c3ccc(-n4c5ccncc5c5cnccc54)cc3c3cc(-n4c5ccncc5c5cnccc54)ccc32)cc1. The predicted octanol–water partition coefficient (Wildman–Crippen LogP) is 9.10. The fourth-order valence-corrected chi connectivity index (χ4v) is 7.11. The molecule has 0 spiro atoms. The van der Waals surface area contributed by atoms with Gasteiger partial charge in [0, 0.05) is 99.0 Å².